The Kier molecular flexibility index (Phi) is 4.35. The summed E-state index contributed by atoms with van der Waals surface area (Å²) in [7, 11) is 0. The molecule has 0 aliphatic carbocycles. The van der Waals surface area contributed by atoms with Gasteiger partial charge in [-0.25, -0.2) is 8.78 Å². The molecule has 1 aliphatic heterocycles. The van der Waals surface area contributed by atoms with Crippen molar-refractivity contribution in [3.8, 4) is 0 Å². The van der Waals surface area contributed by atoms with E-state index < -0.39 is 11.6 Å². The number of carbonyl (C=O) groups excluding carboxylic acids is 1. The van der Waals surface area contributed by atoms with Crippen molar-refractivity contribution in [2.24, 2.45) is 0 Å². The Labute approximate surface area is 138 Å². The van der Waals surface area contributed by atoms with E-state index in [4.69, 9.17) is 11.6 Å². The van der Waals surface area contributed by atoms with Crippen LogP contribution in [-0.4, -0.2) is 23.9 Å². The first-order valence-corrected chi connectivity index (χ1v) is 7.79. The monoisotopic (exact) mass is 335 g/mol. The zero-order valence-corrected chi connectivity index (χ0v) is 13.4. The van der Waals surface area contributed by atoms with E-state index in [1.165, 1.54) is 6.92 Å². The largest absolute Gasteiger partial charge is 0.341 e. The van der Waals surface area contributed by atoms with Gasteiger partial charge in [0.1, 0.15) is 11.6 Å². The molecule has 23 heavy (non-hydrogen) atoms. The zero-order chi connectivity index (χ0) is 16.6. The zero-order valence-electron chi connectivity index (χ0n) is 12.7. The second-order valence-corrected chi connectivity index (χ2v) is 6.35. The predicted molar refractivity (Wildman–Crippen MR) is 85.6 cm³/mol. The fourth-order valence-electron chi connectivity index (χ4n) is 2.73. The topological polar surface area (TPSA) is 20.3 Å². The number of carbonyl (C=O) groups is 1. The minimum atomic E-state index is -0.535. The first kappa shape index (κ1) is 15.9. The second kappa shape index (κ2) is 6.28. The van der Waals surface area contributed by atoms with Crippen molar-refractivity contribution in [3.63, 3.8) is 0 Å². The van der Waals surface area contributed by atoms with Crippen LogP contribution in [0.4, 0.5) is 8.78 Å². The number of benzene rings is 2. The summed E-state index contributed by atoms with van der Waals surface area (Å²) in [6, 6.07) is 9.79. The third kappa shape index (κ3) is 3.37. The highest BCUT2D eigenvalue weighted by Crippen LogP contribution is 2.28. The molecule has 0 N–H and O–H groups in total. The Morgan fingerprint density at radius 2 is 1.83 bits per heavy atom. The van der Waals surface area contributed by atoms with E-state index in [0.29, 0.717) is 18.1 Å². The maximum absolute atomic E-state index is 13.8. The minimum Gasteiger partial charge on any atom is -0.341 e. The van der Waals surface area contributed by atoms with Gasteiger partial charge in [-0.05, 0) is 42.3 Å². The molecule has 120 valence electrons. The summed E-state index contributed by atoms with van der Waals surface area (Å²) in [5, 5.41) is 0.679. The Hall–Kier alpha value is -1.94. The Bertz CT molecular complexity index is 739. The predicted octanol–water partition coefficient (Wildman–Crippen LogP) is 4.10. The average Bonchev–Trinajstić information content (AvgIpc) is 2.45. The summed E-state index contributed by atoms with van der Waals surface area (Å²) in [5.41, 5.74) is 1.48. The van der Waals surface area contributed by atoms with Crippen LogP contribution in [0.1, 0.15) is 22.6 Å². The molecule has 3 rings (SSSR count). The molecule has 2 aromatic rings. The van der Waals surface area contributed by atoms with Gasteiger partial charge < -0.3 is 4.90 Å². The molecular weight excluding hydrogens is 320 g/mol. The van der Waals surface area contributed by atoms with E-state index in [2.05, 4.69) is 0 Å². The molecular formula is C18H16ClF2NO. The number of hydrogen-bond donors (Lipinski definition) is 0. The van der Waals surface area contributed by atoms with Crippen LogP contribution in [0, 0.1) is 18.6 Å². The quantitative estimate of drug-likeness (QED) is 0.827. The van der Waals surface area contributed by atoms with Crippen molar-refractivity contribution in [1.82, 2.24) is 4.90 Å². The molecule has 1 heterocycles. The van der Waals surface area contributed by atoms with Gasteiger partial charge in [0.05, 0.1) is 6.42 Å². The number of hydrogen-bond acceptors (Lipinski definition) is 1. The molecule has 2 nitrogen and oxygen atoms in total. The summed E-state index contributed by atoms with van der Waals surface area (Å²) >= 11 is 5.85. The lowest BCUT2D eigenvalue weighted by Crippen LogP contribution is -2.49. The normalized spacial score (nSPS) is 14.7. The highest BCUT2D eigenvalue weighted by atomic mass is 35.5. The molecule has 1 saturated heterocycles. The number of halogens is 3. The van der Waals surface area contributed by atoms with Crippen LogP contribution in [0.2, 0.25) is 5.02 Å². The first-order chi connectivity index (χ1) is 10.9. The van der Waals surface area contributed by atoms with Gasteiger partial charge in [0.15, 0.2) is 0 Å². The molecule has 0 spiro atoms. The third-order valence-electron chi connectivity index (χ3n) is 4.25. The third-order valence-corrected chi connectivity index (χ3v) is 4.50. The number of amides is 1. The molecule has 0 aromatic heterocycles. The molecule has 0 radical (unpaired) electrons. The maximum Gasteiger partial charge on any atom is 0.227 e. The molecule has 0 bridgehead atoms. The van der Waals surface area contributed by atoms with Crippen LogP contribution in [-0.2, 0) is 11.2 Å². The lowest BCUT2D eigenvalue weighted by molar-refractivity contribution is -0.134. The number of aryl methyl sites for hydroxylation is 1. The molecule has 0 unspecified atom stereocenters. The van der Waals surface area contributed by atoms with E-state index >= 15 is 0 Å². The van der Waals surface area contributed by atoms with Crippen molar-refractivity contribution >= 4 is 17.5 Å². The highest BCUT2D eigenvalue weighted by molar-refractivity contribution is 6.30. The van der Waals surface area contributed by atoms with Crippen molar-refractivity contribution in [3.05, 3.63) is 69.7 Å². The summed E-state index contributed by atoms with van der Waals surface area (Å²) in [5.74, 6) is -0.933. The van der Waals surface area contributed by atoms with Crippen molar-refractivity contribution in [1.29, 1.82) is 0 Å². The summed E-state index contributed by atoms with van der Waals surface area (Å²) in [6.45, 7) is 2.68. The molecule has 0 atom stereocenters. The highest BCUT2D eigenvalue weighted by Gasteiger charge is 2.31. The Morgan fingerprint density at radius 3 is 2.48 bits per heavy atom. The number of likely N-dealkylation sites (tertiary alicyclic amines) is 1. The van der Waals surface area contributed by atoms with Gasteiger partial charge in [-0.2, -0.15) is 0 Å². The fourth-order valence-corrected chi connectivity index (χ4v) is 2.85. The van der Waals surface area contributed by atoms with E-state index in [0.717, 1.165) is 17.7 Å². The summed E-state index contributed by atoms with van der Waals surface area (Å²) in [4.78, 5) is 13.9. The Morgan fingerprint density at radius 1 is 1.17 bits per heavy atom. The minimum absolute atomic E-state index is 0.105. The molecule has 2 aromatic carbocycles. The van der Waals surface area contributed by atoms with Crippen molar-refractivity contribution in [2.75, 3.05) is 13.1 Å². The molecule has 1 fully saturated rings. The number of rotatable bonds is 3. The fraction of sp³-hybridized carbons (Fsp3) is 0.278. The Balaban J connectivity index is 1.61. The van der Waals surface area contributed by atoms with Gasteiger partial charge in [-0.3, -0.25) is 4.79 Å². The maximum atomic E-state index is 13.8. The van der Waals surface area contributed by atoms with Gasteiger partial charge in [0, 0.05) is 29.6 Å². The van der Waals surface area contributed by atoms with Crippen molar-refractivity contribution in [2.45, 2.75) is 19.3 Å². The van der Waals surface area contributed by atoms with Gasteiger partial charge in [0.2, 0.25) is 5.91 Å². The SMILES string of the molecule is Cc1cc(F)c(CC(=O)N2CC(c3ccc(Cl)cc3)C2)cc1F. The van der Waals surface area contributed by atoms with Gasteiger partial charge in [-0.15, -0.1) is 0 Å². The molecule has 1 amide bonds. The van der Waals surface area contributed by atoms with E-state index in [1.54, 1.807) is 4.90 Å². The van der Waals surface area contributed by atoms with Crippen LogP contribution in [0.15, 0.2) is 36.4 Å². The molecule has 1 aliphatic rings. The van der Waals surface area contributed by atoms with Crippen molar-refractivity contribution < 1.29 is 13.6 Å². The number of nitrogens with zero attached hydrogens (tertiary/aromatic N) is 1. The van der Waals surface area contributed by atoms with Gasteiger partial charge in [0.25, 0.3) is 0 Å². The lowest BCUT2D eigenvalue weighted by Gasteiger charge is -2.39. The van der Waals surface area contributed by atoms with Crippen LogP contribution in [0.25, 0.3) is 0 Å². The van der Waals surface area contributed by atoms with E-state index in [1.807, 2.05) is 24.3 Å². The van der Waals surface area contributed by atoms with E-state index in [-0.39, 0.29) is 29.4 Å². The summed E-state index contributed by atoms with van der Waals surface area (Å²) < 4.78 is 27.3. The van der Waals surface area contributed by atoms with Gasteiger partial charge in [-0.1, -0.05) is 23.7 Å². The van der Waals surface area contributed by atoms with Crippen LogP contribution in [0.5, 0.6) is 0 Å². The van der Waals surface area contributed by atoms with Crippen LogP contribution < -0.4 is 0 Å². The summed E-state index contributed by atoms with van der Waals surface area (Å²) in [6.07, 6.45) is -0.115. The van der Waals surface area contributed by atoms with E-state index in [9.17, 15) is 13.6 Å². The standard InChI is InChI=1S/C18H16ClF2NO/c1-11-6-17(21)13(7-16(11)20)8-18(23)22-9-14(10-22)12-2-4-15(19)5-3-12/h2-7,14H,8-10H2,1H3. The first-order valence-electron chi connectivity index (χ1n) is 7.42. The average molecular weight is 336 g/mol. The lowest BCUT2D eigenvalue weighted by atomic mass is 9.91. The van der Waals surface area contributed by atoms with Crippen LogP contribution in [0.3, 0.4) is 0 Å². The molecule has 0 saturated carbocycles. The molecule has 5 heteroatoms. The van der Waals surface area contributed by atoms with Crippen LogP contribution >= 0.6 is 11.6 Å². The smallest absolute Gasteiger partial charge is 0.227 e. The second-order valence-electron chi connectivity index (χ2n) is 5.92. The van der Waals surface area contributed by atoms with Gasteiger partial charge >= 0.3 is 0 Å².